The molecule has 5 heteroatoms. The number of nitrogens with zero attached hydrogens (tertiary/aromatic N) is 2. The van der Waals surface area contributed by atoms with Crippen LogP contribution in [0.1, 0.15) is 49.7 Å². The average molecular weight is 287 g/mol. The zero-order chi connectivity index (χ0) is 14.8. The number of rotatable bonds is 2. The van der Waals surface area contributed by atoms with Crippen molar-refractivity contribution in [2.75, 3.05) is 6.54 Å². The second kappa shape index (κ2) is 5.84. The summed E-state index contributed by atoms with van der Waals surface area (Å²) in [5, 5.41) is 0. The van der Waals surface area contributed by atoms with Crippen LogP contribution in [-0.4, -0.2) is 27.3 Å². The summed E-state index contributed by atoms with van der Waals surface area (Å²) in [6.45, 7) is 2.58. The Labute approximate surface area is 124 Å². The molecule has 1 amide bonds. The maximum Gasteiger partial charge on any atom is 0.251 e. The molecule has 0 saturated carbocycles. The Morgan fingerprint density at radius 1 is 1.38 bits per heavy atom. The number of nitrogens with one attached hydrogen (secondary N) is 1. The summed E-state index contributed by atoms with van der Waals surface area (Å²) in [5.74, 6) is 0.940. The van der Waals surface area contributed by atoms with E-state index < -0.39 is 0 Å². The molecule has 112 valence electrons. The van der Waals surface area contributed by atoms with Crippen LogP contribution in [-0.2, 0) is 4.79 Å². The van der Waals surface area contributed by atoms with E-state index in [1.54, 1.807) is 0 Å². The van der Waals surface area contributed by atoms with Gasteiger partial charge in [0.1, 0.15) is 5.82 Å². The molecule has 1 fully saturated rings. The van der Waals surface area contributed by atoms with Crippen LogP contribution in [0.4, 0.5) is 0 Å². The van der Waals surface area contributed by atoms with Gasteiger partial charge < -0.3 is 9.88 Å². The number of amides is 1. The van der Waals surface area contributed by atoms with E-state index in [0.717, 1.165) is 38.6 Å². The predicted octanol–water partition coefficient (Wildman–Crippen LogP) is 2.10. The van der Waals surface area contributed by atoms with Gasteiger partial charge in [0.25, 0.3) is 5.56 Å². The van der Waals surface area contributed by atoms with Crippen LogP contribution in [0.3, 0.4) is 0 Å². The number of hydrogen-bond acceptors (Lipinski definition) is 3. The van der Waals surface area contributed by atoms with Gasteiger partial charge in [-0.05, 0) is 39.0 Å². The second-order valence-electron chi connectivity index (χ2n) is 5.94. The van der Waals surface area contributed by atoms with Crippen LogP contribution >= 0.6 is 0 Å². The Kier molecular flexibility index (Phi) is 3.90. The molecule has 0 bridgehead atoms. The summed E-state index contributed by atoms with van der Waals surface area (Å²) >= 11 is 0. The van der Waals surface area contributed by atoms with Crippen molar-refractivity contribution in [2.24, 2.45) is 5.92 Å². The maximum atomic E-state index is 12.7. The van der Waals surface area contributed by atoms with Crippen LogP contribution in [0.5, 0.6) is 0 Å². The maximum absolute atomic E-state index is 12.7. The number of likely N-dealkylation sites (tertiary alicyclic amines) is 1. The lowest BCUT2D eigenvalue weighted by Gasteiger charge is -2.29. The van der Waals surface area contributed by atoms with E-state index in [4.69, 9.17) is 0 Å². The largest absolute Gasteiger partial charge is 0.332 e. The fraction of sp³-hybridized carbons (Fsp3) is 0.562. The Balaban J connectivity index is 1.83. The molecular formula is C16H21N3O2. The molecule has 2 atom stereocenters. The first-order valence-electron chi connectivity index (χ1n) is 7.68. The van der Waals surface area contributed by atoms with Crippen molar-refractivity contribution in [3.05, 3.63) is 40.1 Å². The summed E-state index contributed by atoms with van der Waals surface area (Å²) in [6, 6.07) is 1.41. The van der Waals surface area contributed by atoms with Gasteiger partial charge in [-0.25, -0.2) is 4.98 Å². The minimum atomic E-state index is -0.141. The molecule has 1 aromatic heterocycles. The van der Waals surface area contributed by atoms with Crippen molar-refractivity contribution < 1.29 is 4.79 Å². The van der Waals surface area contributed by atoms with Gasteiger partial charge in [-0.1, -0.05) is 12.2 Å². The number of aryl methyl sites for hydroxylation is 1. The normalized spacial score (nSPS) is 25.3. The molecular weight excluding hydrogens is 266 g/mol. The third kappa shape index (κ3) is 2.91. The number of aromatic amines is 1. The van der Waals surface area contributed by atoms with Gasteiger partial charge in [0.15, 0.2) is 0 Å². The fourth-order valence-corrected chi connectivity index (χ4v) is 3.33. The highest BCUT2D eigenvalue weighted by atomic mass is 16.2. The van der Waals surface area contributed by atoms with E-state index in [-0.39, 0.29) is 23.4 Å². The Bertz CT molecular complexity index is 620. The summed E-state index contributed by atoms with van der Waals surface area (Å²) in [5.41, 5.74) is 0.561. The number of carbonyl (C=O) groups is 1. The SMILES string of the molecule is Cc1cc(=O)[nH]c([C@@H]2CCCN2C(=O)[C@H]2CC=CCC2)n1. The number of H-pyrrole nitrogens is 1. The molecule has 2 heterocycles. The van der Waals surface area contributed by atoms with Crippen LogP contribution in [0.2, 0.25) is 0 Å². The number of carbonyl (C=O) groups excluding carboxylic acids is 1. The predicted molar refractivity (Wildman–Crippen MR) is 79.8 cm³/mol. The molecule has 0 aromatic carbocycles. The van der Waals surface area contributed by atoms with Crippen molar-refractivity contribution in [3.63, 3.8) is 0 Å². The van der Waals surface area contributed by atoms with Gasteiger partial charge in [-0.3, -0.25) is 9.59 Å². The highest BCUT2D eigenvalue weighted by Crippen LogP contribution is 2.33. The Hall–Kier alpha value is -1.91. The standard InChI is InChI=1S/C16H21N3O2/c1-11-10-14(20)18-15(17-11)13-8-5-9-19(13)16(21)12-6-3-2-4-7-12/h2-3,10,12-13H,4-9H2,1H3,(H,17,18,20)/t12-,13-/m0/s1. The van der Waals surface area contributed by atoms with Gasteiger partial charge in [0.2, 0.25) is 5.91 Å². The Morgan fingerprint density at radius 3 is 2.95 bits per heavy atom. The summed E-state index contributed by atoms with van der Waals surface area (Å²) in [7, 11) is 0. The summed E-state index contributed by atoms with van der Waals surface area (Å²) in [4.78, 5) is 33.5. The molecule has 1 aliphatic heterocycles. The van der Waals surface area contributed by atoms with E-state index in [9.17, 15) is 9.59 Å². The number of aromatic nitrogens is 2. The van der Waals surface area contributed by atoms with Gasteiger partial charge >= 0.3 is 0 Å². The van der Waals surface area contributed by atoms with Crippen LogP contribution in [0.15, 0.2) is 23.0 Å². The molecule has 0 unspecified atom stereocenters. The molecule has 3 rings (SSSR count). The van der Waals surface area contributed by atoms with Gasteiger partial charge in [0.05, 0.1) is 6.04 Å². The second-order valence-corrected chi connectivity index (χ2v) is 5.94. The lowest BCUT2D eigenvalue weighted by Crippen LogP contribution is -2.37. The zero-order valence-corrected chi connectivity index (χ0v) is 12.3. The third-order valence-electron chi connectivity index (χ3n) is 4.36. The molecule has 1 aliphatic carbocycles. The highest BCUT2D eigenvalue weighted by Gasteiger charge is 2.35. The zero-order valence-electron chi connectivity index (χ0n) is 12.3. The molecule has 1 aromatic rings. The monoisotopic (exact) mass is 287 g/mol. The van der Waals surface area contributed by atoms with Crippen molar-refractivity contribution in [1.82, 2.24) is 14.9 Å². The molecule has 21 heavy (non-hydrogen) atoms. The van der Waals surface area contributed by atoms with Crippen molar-refractivity contribution in [2.45, 2.75) is 45.1 Å². The minimum Gasteiger partial charge on any atom is -0.332 e. The van der Waals surface area contributed by atoms with Crippen molar-refractivity contribution in [3.8, 4) is 0 Å². The first kappa shape index (κ1) is 14.0. The third-order valence-corrected chi connectivity index (χ3v) is 4.36. The van der Waals surface area contributed by atoms with Gasteiger partial charge in [-0.15, -0.1) is 0 Å². The van der Waals surface area contributed by atoms with E-state index in [1.165, 1.54) is 6.07 Å². The van der Waals surface area contributed by atoms with Crippen LogP contribution in [0.25, 0.3) is 0 Å². The lowest BCUT2D eigenvalue weighted by atomic mass is 9.93. The summed E-state index contributed by atoms with van der Waals surface area (Å²) < 4.78 is 0. The van der Waals surface area contributed by atoms with E-state index in [0.29, 0.717) is 11.5 Å². The van der Waals surface area contributed by atoms with E-state index in [1.807, 2.05) is 11.8 Å². The smallest absolute Gasteiger partial charge is 0.251 e. The molecule has 1 N–H and O–H groups in total. The minimum absolute atomic E-state index is 0.0731. The molecule has 5 nitrogen and oxygen atoms in total. The first-order chi connectivity index (χ1) is 10.1. The van der Waals surface area contributed by atoms with Gasteiger partial charge in [-0.2, -0.15) is 0 Å². The molecule has 0 radical (unpaired) electrons. The molecule has 0 spiro atoms. The number of hydrogen-bond donors (Lipinski definition) is 1. The van der Waals surface area contributed by atoms with E-state index in [2.05, 4.69) is 22.1 Å². The van der Waals surface area contributed by atoms with E-state index >= 15 is 0 Å². The topological polar surface area (TPSA) is 66.1 Å². The van der Waals surface area contributed by atoms with Crippen LogP contribution in [0, 0.1) is 12.8 Å². The first-order valence-corrected chi connectivity index (χ1v) is 7.68. The van der Waals surface area contributed by atoms with Gasteiger partial charge in [0, 0.05) is 24.2 Å². The lowest BCUT2D eigenvalue weighted by molar-refractivity contribution is -0.136. The van der Waals surface area contributed by atoms with Crippen molar-refractivity contribution >= 4 is 5.91 Å². The number of allylic oxidation sites excluding steroid dienone is 2. The molecule has 1 saturated heterocycles. The fourth-order valence-electron chi connectivity index (χ4n) is 3.33. The highest BCUT2D eigenvalue weighted by molar-refractivity contribution is 5.79. The van der Waals surface area contributed by atoms with Crippen LogP contribution < -0.4 is 5.56 Å². The van der Waals surface area contributed by atoms with Crippen molar-refractivity contribution in [1.29, 1.82) is 0 Å². The summed E-state index contributed by atoms with van der Waals surface area (Å²) in [6.07, 6.45) is 8.83. The molecule has 2 aliphatic rings. The average Bonchev–Trinajstić information content (AvgIpc) is 2.96. The Morgan fingerprint density at radius 2 is 2.24 bits per heavy atom. The quantitative estimate of drug-likeness (QED) is 0.847.